The highest BCUT2D eigenvalue weighted by Gasteiger charge is 2.26. The van der Waals surface area contributed by atoms with Gasteiger partial charge in [0.25, 0.3) is 0 Å². The second kappa shape index (κ2) is 7.20. The summed E-state index contributed by atoms with van der Waals surface area (Å²) in [7, 11) is 0. The first-order chi connectivity index (χ1) is 8.81. The second-order valence-electron chi connectivity index (χ2n) is 5.33. The van der Waals surface area contributed by atoms with Gasteiger partial charge in [-0.25, -0.2) is 0 Å². The molecule has 1 heterocycles. The third-order valence-electron chi connectivity index (χ3n) is 3.89. The molecule has 0 saturated heterocycles. The number of hydrogen-bond donors (Lipinski definition) is 1. The van der Waals surface area contributed by atoms with Crippen LogP contribution in [-0.4, -0.2) is 6.54 Å². The van der Waals surface area contributed by atoms with Crippen LogP contribution in [0.4, 0.5) is 0 Å². The van der Waals surface area contributed by atoms with E-state index in [9.17, 15) is 0 Å². The van der Waals surface area contributed by atoms with Crippen molar-refractivity contribution in [2.75, 3.05) is 6.54 Å². The van der Waals surface area contributed by atoms with Gasteiger partial charge in [0.15, 0.2) is 5.22 Å². The molecule has 1 N–H and O–H groups in total. The minimum Gasteiger partial charge on any atom is -0.448 e. The Kier molecular flexibility index (Phi) is 5.58. The fourth-order valence-corrected chi connectivity index (χ4v) is 3.09. The molecule has 0 aromatic carbocycles. The van der Waals surface area contributed by atoms with Crippen LogP contribution in [0.2, 0.25) is 5.22 Å². The van der Waals surface area contributed by atoms with Gasteiger partial charge in [0.1, 0.15) is 5.76 Å². The van der Waals surface area contributed by atoms with E-state index < -0.39 is 0 Å². The zero-order chi connectivity index (χ0) is 12.8. The molecule has 102 valence electrons. The van der Waals surface area contributed by atoms with Gasteiger partial charge in [0.2, 0.25) is 0 Å². The first-order valence-corrected chi connectivity index (χ1v) is 7.67. The quantitative estimate of drug-likeness (QED) is 0.766. The van der Waals surface area contributed by atoms with Crippen molar-refractivity contribution in [2.45, 2.75) is 57.9 Å². The van der Waals surface area contributed by atoms with Crippen LogP contribution in [0, 0.1) is 5.92 Å². The van der Waals surface area contributed by atoms with Crippen molar-refractivity contribution in [1.29, 1.82) is 0 Å². The van der Waals surface area contributed by atoms with E-state index in [1.54, 1.807) is 0 Å². The topological polar surface area (TPSA) is 25.2 Å². The zero-order valence-corrected chi connectivity index (χ0v) is 12.0. The summed E-state index contributed by atoms with van der Waals surface area (Å²) < 4.78 is 5.64. The highest BCUT2D eigenvalue weighted by atomic mass is 35.5. The van der Waals surface area contributed by atoms with E-state index in [0.29, 0.717) is 17.2 Å². The molecule has 2 rings (SSSR count). The molecule has 1 fully saturated rings. The average molecular weight is 270 g/mol. The Morgan fingerprint density at radius 2 is 2.00 bits per heavy atom. The third kappa shape index (κ3) is 3.76. The molecule has 2 nitrogen and oxygen atoms in total. The fraction of sp³-hybridized carbons (Fsp3) is 0.733. The SMILES string of the molecule is CCCNC(c1ccc(Cl)o1)C1CCCCCC1. The molecule has 18 heavy (non-hydrogen) atoms. The standard InChI is InChI=1S/C15H24ClNO/c1-2-11-17-15(13-9-10-14(16)18-13)12-7-5-3-4-6-8-12/h9-10,12,15,17H,2-8,11H2,1H3. The maximum Gasteiger partial charge on any atom is 0.193 e. The Hall–Kier alpha value is -0.470. The van der Waals surface area contributed by atoms with E-state index >= 15 is 0 Å². The lowest BCUT2D eigenvalue weighted by atomic mass is 9.90. The van der Waals surface area contributed by atoms with Gasteiger partial charge in [-0.3, -0.25) is 0 Å². The first kappa shape index (κ1) is 14.0. The van der Waals surface area contributed by atoms with E-state index in [0.717, 1.165) is 18.7 Å². The maximum absolute atomic E-state index is 5.92. The molecule has 1 aromatic rings. The van der Waals surface area contributed by atoms with Gasteiger partial charge < -0.3 is 9.73 Å². The number of rotatable bonds is 5. The van der Waals surface area contributed by atoms with Crippen molar-refractivity contribution in [1.82, 2.24) is 5.32 Å². The second-order valence-corrected chi connectivity index (χ2v) is 5.70. The molecule has 0 radical (unpaired) electrons. The third-order valence-corrected chi connectivity index (χ3v) is 4.09. The summed E-state index contributed by atoms with van der Waals surface area (Å²) in [4.78, 5) is 0. The van der Waals surface area contributed by atoms with Crippen LogP contribution < -0.4 is 5.32 Å². The molecule has 3 heteroatoms. The lowest BCUT2D eigenvalue weighted by molar-refractivity contribution is 0.284. The van der Waals surface area contributed by atoms with Gasteiger partial charge in [-0.2, -0.15) is 0 Å². The predicted molar refractivity (Wildman–Crippen MR) is 75.9 cm³/mol. The molecule has 1 aliphatic rings. The van der Waals surface area contributed by atoms with Gasteiger partial charge in [0.05, 0.1) is 6.04 Å². The largest absolute Gasteiger partial charge is 0.448 e. The average Bonchev–Trinajstić information content (AvgIpc) is 2.65. The molecule has 1 saturated carbocycles. The number of furan rings is 1. The highest BCUT2D eigenvalue weighted by Crippen LogP contribution is 2.34. The molecule has 0 bridgehead atoms. The molecule has 0 amide bonds. The van der Waals surface area contributed by atoms with Crippen molar-refractivity contribution in [3.8, 4) is 0 Å². The Balaban J connectivity index is 2.07. The maximum atomic E-state index is 5.92. The summed E-state index contributed by atoms with van der Waals surface area (Å²) in [6, 6.07) is 4.23. The van der Waals surface area contributed by atoms with Crippen molar-refractivity contribution in [2.24, 2.45) is 5.92 Å². The summed E-state index contributed by atoms with van der Waals surface area (Å²) in [5.41, 5.74) is 0. The summed E-state index contributed by atoms with van der Waals surface area (Å²) in [6.45, 7) is 3.24. The Labute approximate surface area is 115 Å². The minimum absolute atomic E-state index is 0.343. The van der Waals surface area contributed by atoms with Crippen LogP contribution in [0.3, 0.4) is 0 Å². The fourth-order valence-electron chi connectivity index (χ4n) is 2.94. The highest BCUT2D eigenvalue weighted by molar-refractivity contribution is 6.28. The Morgan fingerprint density at radius 3 is 2.56 bits per heavy atom. The van der Waals surface area contributed by atoms with Crippen molar-refractivity contribution in [3.05, 3.63) is 23.1 Å². The lowest BCUT2D eigenvalue weighted by Crippen LogP contribution is -2.28. The van der Waals surface area contributed by atoms with Crippen molar-refractivity contribution in [3.63, 3.8) is 0 Å². The predicted octanol–water partition coefficient (Wildman–Crippen LogP) is 4.94. The summed E-state index contributed by atoms with van der Waals surface area (Å²) in [5.74, 6) is 1.71. The van der Waals surface area contributed by atoms with Gasteiger partial charge in [0, 0.05) is 0 Å². The van der Waals surface area contributed by atoms with Crippen LogP contribution >= 0.6 is 11.6 Å². The summed E-state index contributed by atoms with van der Waals surface area (Å²) in [5, 5.41) is 4.15. The molecular formula is C15H24ClNO. The normalized spacial score (nSPS) is 19.7. The van der Waals surface area contributed by atoms with Crippen molar-refractivity contribution >= 4 is 11.6 Å². The summed E-state index contributed by atoms with van der Waals surface area (Å²) in [6.07, 6.45) is 9.23. The molecule has 1 unspecified atom stereocenters. The zero-order valence-electron chi connectivity index (χ0n) is 11.3. The van der Waals surface area contributed by atoms with Crippen molar-refractivity contribution < 1.29 is 4.42 Å². The molecule has 1 aliphatic carbocycles. The van der Waals surface area contributed by atoms with Crippen LogP contribution in [0.25, 0.3) is 0 Å². The molecular weight excluding hydrogens is 246 g/mol. The molecule has 1 atom stereocenters. The Morgan fingerprint density at radius 1 is 1.28 bits per heavy atom. The van der Waals surface area contributed by atoms with Crippen LogP contribution in [0.5, 0.6) is 0 Å². The monoisotopic (exact) mass is 269 g/mol. The van der Waals surface area contributed by atoms with E-state index in [1.165, 1.54) is 38.5 Å². The van der Waals surface area contributed by atoms with Crippen LogP contribution in [0.1, 0.15) is 63.7 Å². The Bertz CT molecular complexity index is 342. The smallest absolute Gasteiger partial charge is 0.193 e. The summed E-state index contributed by atoms with van der Waals surface area (Å²) >= 11 is 5.92. The lowest BCUT2D eigenvalue weighted by Gasteiger charge is -2.25. The van der Waals surface area contributed by atoms with E-state index in [-0.39, 0.29) is 0 Å². The van der Waals surface area contributed by atoms with Crippen LogP contribution in [0.15, 0.2) is 16.5 Å². The van der Waals surface area contributed by atoms with Gasteiger partial charge >= 0.3 is 0 Å². The number of nitrogens with one attached hydrogen (secondary N) is 1. The van der Waals surface area contributed by atoms with E-state index in [4.69, 9.17) is 16.0 Å². The van der Waals surface area contributed by atoms with Gasteiger partial charge in [-0.15, -0.1) is 0 Å². The van der Waals surface area contributed by atoms with Gasteiger partial charge in [-0.05, 0) is 55.5 Å². The molecule has 0 aliphatic heterocycles. The van der Waals surface area contributed by atoms with E-state index in [1.807, 2.05) is 12.1 Å². The number of hydrogen-bond acceptors (Lipinski definition) is 2. The molecule has 1 aromatic heterocycles. The molecule has 0 spiro atoms. The van der Waals surface area contributed by atoms with E-state index in [2.05, 4.69) is 12.2 Å². The van der Waals surface area contributed by atoms with Crippen LogP contribution in [-0.2, 0) is 0 Å². The minimum atomic E-state index is 0.343. The first-order valence-electron chi connectivity index (χ1n) is 7.30. The number of halogens is 1. The van der Waals surface area contributed by atoms with Gasteiger partial charge in [-0.1, -0.05) is 32.6 Å².